The molecule has 8 heteroatoms. The molecule has 0 aromatic heterocycles. The first-order valence-electron chi connectivity index (χ1n) is 8.44. The number of rotatable bonds is 5. The standard InChI is InChI=1S/C19H20N2O5S/c1-3-16(22)21-27(24,25)15-11-9-13(10-12-15)17-18(20-26-19(17,2)23)14-7-5-4-6-8-14/h4-12,17,23H,3H2,1-2H3,(H,21,22). The quantitative estimate of drug-likeness (QED) is 0.816. The van der Waals surface area contributed by atoms with Crippen molar-refractivity contribution in [1.29, 1.82) is 0 Å². The Morgan fingerprint density at radius 2 is 1.81 bits per heavy atom. The van der Waals surface area contributed by atoms with E-state index in [4.69, 9.17) is 4.84 Å². The lowest BCUT2D eigenvalue weighted by molar-refractivity contribution is -0.179. The third kappa shape index (κ3) is 3.86. The predicted molar refractivity (Wildman–Crippen MR) is 99.5 cm³/mol. The van der Waals surface area contributed by atoms with E-state index in [0.29, 0.717) is 11.3 Å². The lowest BCUT2D eigenvalue weighted by atomic mass is 9.85. The fourth-order valence-electron chi connectivity index (χ4n) is 2.92. The average Bonchev–Trinajstić information content (AvgIpc) is 2.97. The number of benzene rings is 2. The number of carbonyl (C=O) groups is 1. The van der Waals surface area contributed by atoms with Gasteiger partial charge in [-0.25, -0.2) is 13.1 Å². The largest absolute Gasteiger partial charge is 0.359 e. The van der Waals surface area contributed by atoms with E-state index in [1.807, 2.05) is 35.1 Å². The third-order valence-corrected chi connectivity index (χ3v) is 5.69. The molecule has 0 saturated carbocycles. The lowest BCUT2D eigenvalue weighted by Crippen LogP contribution is -2.34. The molecule has 1 heterocycles. The number of sulfonamides is 1. The summed E-state index contributed by atoms with van der Waals surface area (Å²) in [6.07, 6.45) is 0.0660. The molecule has 3 rings (SSSR count). The second-order valence-corrected chi connectivity index (χ2v) is 8.06. The number of hydrogen-bond donors (Lipinski definition) is 2. The molecule has 0 saturated heterocycles. The minimum Gasteiger partial charge on any atom is -0.359 e. The fraction of sp³-hybridized carbons (Fsp3) is 0.263. The van der Waals surface area contributed by atoms with Gasteiger partial charge in [-0.15, -0.1) is 0 Å². The predicted octanol–water partition coefficient (Wildman–Crippen LogP) is 2.13. The van der Waals surface area contributed by atoms with Crippen LogP contribution in [0.1, 0.15) is 37.3 Å². The molecule has 1 aliphatic rings. The molecular formula is C19H20N2O5S. The van der Waals surface area contributed by atoms with Gasteiger partial charge in [0.1, 0.15) is 5.71 Å². The topological polar surface area (TPSA) is 105 Å². The summed E-state index contributed by atoms with van der Waals surface area (Å²) in [7, 11) is -3.93. The number of oxime groups is 1. The van der Waals surface area contributed by atoms with E-state index in [2.05, 4.69) is 5.16 Å². The van der Waals surface area contributed by atoms with E-state index in [9.17, 15) is 18.3 Å². The number of nitrogens with one attached hydrogen (secondary N) is 1. The molecule has 0 aliphatic carbocycles. The summed E-state index contributed by atoms with van der Waals surface area (Å²) in [5, 5.41) is 14.6. The third-order valence-electron chi connectivity index (χ3n) is 4.30. The Morgan fingerprint density at radius 1 is 1.19 bits per heavy atom. The highest BCUT2D eigenvalue weighted by Crippen LogP contribution is 2.38. The van der Waals surface area contributed by atoms with Crippen molar-refractivity contribution >= 4 is 21.6 Å². The summed E-state index contributed by atoms with van der Waals surface area (Å²) in [4.78, 5) is 16.6. The maximum Gasteiger partial charge on any atom is 0.264 e. The number of nitrogens with zero attached hydrogens (tertiary/aromatic N) is 1. The van der Waals surface area contributed by atoms with Crippen LogP contribution in [-0.2, 0) is 19.7 Å². The van der Waals surface area contributed by atoms with Crippen molar-refractivity contribution < 1.29 is 23.2 Å². The van der Waals surface area contributed by atoms with E-state index < -0.39 is 27.6 Å². The summed E-state index contributed by atoms with van der Waals surface area (Å²) < 4.78 is 26.4. The fourth-order valence-corrected chi connectivity index (χ4v) is 3.97. The molecule has 0 radical (unpaired) electrons. The van der Waals surface area contributed by atoms with Crippen molar-refractivity contribution in [2.45, 2.75) is 36.9 Å². The summed E-state index contributed by atoms with van der Waals surface area (Å²) >= 11 is 0. The van der Waals surface area contributed by atoms with Crippen molar-refractivity contribution in [3.05, 3.63) is 65.7 Å². The van der Waals surface area contributed by atoms with E-state index in [-0.39, 0.29) is 11.3 Å². The van der Waals surface area contributed by atoms with Crippen molar-refractivity contribution in [2.75, 3.05) is 0 Å². The highest BCUT2D eigenvalue weighted by Gasteiger charge is 2.45. The Hall–Kier alpha value is -2.71. The molecule has 142 valence electrons. The van der Waals surface area contributed by atoms with Crippen LogP contribution in [0.25, 0.3) is 0 Å². The molecule has 2 N–H and O–H groups in total. The monoisotopic (exact) mass is 388 g/mol. The summed E-state index contributed by atoms with van der Waals surface area (Å²) in [5.41, 5.74) is 1.99. The molecule has 1 aliphatic heterocycles. The second kappa shape index (κ2) is 7.13. The maximum absolute atomic E-state index is 12.2. The number of aliphatic hydroxyl groups is 1. The second-order valence-electron chi connectivity index (χ2n) is 6.37. The molecule has 2 unspecified atom stereocenters. The van der Waals surface area contributed by atoms with Crippen LogP contribution in [-0.4, -0.2) is 30.9 Å². The lowest BCUT2D eigenvalue weighted by Gasteiger charge is -2.24. The van der Waals surface area contributed by atoms with Gasteiger partial charge in [-0.3, -0.25) is 4.79 Å². The molecule has 27 heavy (non-hydrogen) atoms. The van der Waals surface area contributed by atoms with Gasteiger partial charge < -0.3 is 9.94 Å². The average molecular weight is 388 g/mol. The van der Waals surface area contributed by atoms with Gasteiger partial charge >= 0.3 is 0 Å². The van der Waals surface area contributed by atoms with Gasteiger partial charge in [0.2, 0.25) is 11.7 Å². The van der Waals surface area contributed by atoms with Crippen LogP contribution in [0.15, 0.2) is 64.6 Å². The van der Waals surface area contributed by atoms with E-state index in [1.54, 1.807) is 19.1 Å². The van der Waals surface area contributed by atoms with Crippen LogP contribution in [0.2, 0.25) is 0 Å². The van der Waals surface area contributed by atoms with Crippen LogP contribution in [0.4, 0.5) is 0 Å². The first kappa shape index (κ1) is 19.1. The molecule has 1 amide bonds. The summed E-state index contributed by atoms with van der Waals surface area (Å²) in [5.74, 6) is -2.74. The van der Waals surface area contributed by atoms with Gasteiger partial charge in [0.15, 0.2) is 0 Å². The number of hydrogen-bond acceptors (Lipinski definition) is 6. The number of amides is 1. The summed E-state index contributed by atoms with van der Waals surface area (Å²) in [6.45, 7) is 3.07. The molecule has 0 fully saturated rings. The minimum atomic E-state index is -3.93. The zero-order valence-corrected chi connectivity index (χ0v) is 15.7. The van der Waals surface area contributed by atoms with Crippen molar-refractivity contribution in [3.63, 3.8) is 0 Å². The minimum absolute atomic E-state index is 0.0372. The Labute approximate surface area is 157 Å². The first-order chi connectivity index (χ1) is 12.7. The highest BCUT2D eigenvalue weighted by atomic mass is 32.2. The normalized spacial score (nSPS) is 22.0. The molecular weight excluding hydrogens is 368 g/mol. The Bertz CT molecular complexity index is 967. The Balaban J connectivity index is 1.93. The molecule has 2 aromatic rings. The van der Waals surface area contributed by atoms with Gasteiger partial charge in [-0.05, 0) is 17.7 Å². The van der Waals surface area contributed by atoms with Crippen molar-refractivity contribution in [3.8, 4) is 0 Å². The van der Waals surface area contributed by atoms with Crippen molar-refractivity contribution in [1.82, 2.24) is 4.72 Å². The van der Waals surface area contributed by atoms with Crippen LogP contribution in [0.5, 0.6) is 0 Å². The van der Waals surface area contributed by atoms with E-state index in [1.165, 1.54) is 19.1 Å². The zero-order chi connectivity index (χ0) is 19.7. The molecule has 0 bridgehead atoms. The Morgan fingerprint density at radius 3 is 2.41 bits per heavy atom. The van der Waals surface area contributed by atoms with Crippen LogP contribution in [0, 0.1) is 0 Å². The molecule has 2 aromatic carbocycles. The first-order valence-corrected chi connectivity index (χ1v) is 9.92. The van der Waals surface area contributed by atoms with E-state index in [0.717, 1.165) is 5.56 Å². The van der Waals surface area contributed by atoms with Gasteiger partial charge in [0.25, 0.3) is 10.0 Å². The summed E-state index contributed by atoms with van der Waals surface area (Å²) in [6, 6.07) is 15.2. The zero-order valence-electron chi connectivity index (χ0n) is 14.9. The highest BCUT2D eigenvalue weighted by molar-refractivity contribution is 7.90. The SMILES string of the molecule is CCC(=O)NS(=O)(=O)c1ccc(C2C(c3ccccc3)=NOC2(C)O)cc1. The Kier molecular flexibility index (Phi) is 5.03. The van der Waals surface area contributed by atoms with Crippen LogP contribution >= 0.6 is 0 Å². The van der Waals surface area contributed by atoms with Gasteiger partial charge in [-0.2, -0.15) is 0 Å². The molecule has 7 nitrogen and oxygen atoms in total. The van der Waals surface area contributed by atoms with Gasteiger partial charge in [0, 0.05) is 18.9 Å². The van der Waals surface area contributed by atoms with E-state index >= 15 is 0 Å². The van der Waals surface area contributed by atoms with Gasteiger partial charge in [-0.1, -0.05) is 54.5 Å². The molecule has 0 spiro atoms. The van der Waals surface area contributed by atoms with Crippen molar-refractivity contribution in [2.24, 2.45) is 5.16 Å². The molecule has 2 atom stereocenters. The smallest absolute Gasteiger partial charge is 0.264 e. The van der Waals surface area contributed by atoms with Crippen LogP contribution < -0.4 is 4.72 Å². The van der Waals surface area contributed by atoms with Gasteiger partial charge in [0.05, 0.1) is 10.8 Å². The number of carbonyl (C=O) groups excluding carboxylic acids is 1. The van der Waals surface area contributed by atoms with Crippen LogP contribution in [0.3, 0.4) is 0 Å². The maximum atomic E-state index is 12.2.